The first-order valence-electron chi connectivity index (χ1n) is 3.81. The van der Waals surface area contributed by atoms with Crippen molar-refractivity contribution >= 4 is 6.34 Å². The van der Waals surface area contributed by atoms with E-state index in [0.717, 1.165) is 6.42 Å². The van der Waals surface area contributed by atoms with Gasteiger partial charge in [0.2, 0.25) is 0 Å². The van der Waals surface area contributed by atoms with E-state index in [-0.39, 0.29) is 0 Å². The zero-order valence-electron chi connectivity index (χ0n) is 7.33. The molecule has 0 amide bonds. The second kappa shape index (κ2) is 6.12. The standard InChI is InChI=1S/C7H17N3O/c1-4-6(2)10-7(11)9-5-8-3/h5-7,10-11H,4H2,1-3H3,(H,8,9). The van der Waals surface area contributed by atoms with Gasteiger partial charge in [0.1, 0.15) is 0 Å². The van der Waals surface area contributed by atoms with E-state index in [9.17, 15) is 0 Å². The van der Waals surface area contributed by atoms with E-state index in [0.29, 0.717) is 6.04 Å². The Kier molecular flexibility index (Phi) is 5.78. The summed E-state index contributed by atoms with van der Waals surface area (Å²) in [5, 5.41) is 14.7. The van der Waals surface area contributed by atoms with E-state index in [1.54, 1.807) is 7.05 Å². The van der Waals surface area contributed by atoms with Crippen LogP contribution in [0.25, 0.3) is 0 Å². The molecular formula is C7H17N3O. The van der Waals surface area contributed by atoms with E-state index in [1.165, 1.54) is 6.34 Å². The van der Waals surface area contributed by atoms with Gasteiger partial charge in [0.15, 0.2) is 6.35 Å². The van der Waals surface area contributed by atoms with Gasteiger partial charge in [-0.25, -0.2) is 0 Å². The van der Waals surface area contributed by atoms with E-state index in [1.807, 2.05) is 6.92 Å². The Morgan fingerprint density at radius 3 is 2.73 bits per heavy atom. The molecule has 0 spiro atoms. The third kappa shape index (κ3) is 5.82. The maximum Gasteiger partial charge on any atom is 0.182 e. The summed E-state index contributed by atoms with van der Waals surface area (Å²) >= 11 is 0. The number of aliphatic imine (C=N–C) groups is 1. The topological polar surface area (TPSA) is 56.6 Å². The minimum atomic E-state index is -0.700. The van der Waals surface area contributed by atoms with Crippen LogP contribution in [0.4, 0.5) is 0 Å². The molecule has 3 N–H and O–H groups in total. The molecular weight excluding hydrogens is 142 g/mol. The second-order valence-corrected chi connectivity index (χ2v) is 2.43. The Hall–Kier alpha value is -0.610. The molecule has 4 heteroatoms. The fraction of sp³-hybridized carbons (Fsp3) is 0.857. The van der Waals surface area contributed by atoms with Gasteiger partial charge in [0.25, 0.3) is 0 Å². The van der Waals surface area contributed by atoms with Gasteiger partial charge in [-0.15, -0.1) is 0 Å². The van der Waals surface area contributed by atoms with Crippen molar-refractivity contribution in [2.24, 2.45) is 4.99 Å². The molecule has 0 saturated carbocycles. The van der Waals surface area contributed by atoms with Crippen molar-refractivity contribution in [1.29, 1.82) is 0 Å². The molecule has 0 aromatic carbocycles. The van der Waals surface area contributed by atoms with Crippen LogP contribution in [0.1, 0.15) is 20.3 Å². The second-order valence-electron chi connectivity index (χ2n) is 2.43. The molecule has 0 radical (unpaired) electrons. The summed E-state index contributed by atoms with van der Waals surface area (Å²) in [4.78, 5) is 3.67. The molecule has 0 aliphatic carbocycles. The van der Waals surface area contributed by atoms with Crippen molar-refractivity contribution < 1.29 is 5.11 Å². The zero-order valence-corrected chi connectivity index (χ0v) is 7.33. The van der Waals surface area contributed by atoms with Crippen molar-refractivity contribution in [2.45, 2.75) is 32.7 Å². The fourth-order valence-corrected chi connectivity index (χ4v) is 0.581. The normalized spacial score (nSPS) is 16.7. The Balaban J connectivity index is 3.42. The first-order valence-corrected chi connectivity index (χ1v) is 3.81. The van der Waals surface area contributed by atoms with Crippen LogP contribution in [-0.4, -0.2) is 30.9 Å². The average Bonchev–Trinajstić information content (AvgIpc) is 2.00. The summed E-state index contributed by atoms with van der Waals surface area (Å²) in [6, 6.07) is 0.308. The lowest BCUT2D eigenvalue weighted by molar-refractivity contribution is 0.111. The molecule has 0 heterocycles. The van der Waals surface area contributed by atoms with Crippen molar-refractivity contribution in [3.8, 4) is 0 Å². The first-order chi connectivity index (χ1) is 5.20. The van der Waals surface area contributed by atoms with Crippen LogP contribution in [0.2, 0.25) is 0 Å². The molecule has 0 aliphatic heterocycles. The molecule has 0 fully saturated rings. The highest BCUT2D eigenvalue weighted by molar-refractivity contribution is 5.53. The molecule has 2 unspecified atom stereocenters. The number of aliphatic hydroxyl groups is 1. The number of nitrogens with zero attached hydrogens (tertiary/aromatic N) is 1. The van der Waals surface area contributed by atoms with Crippen LogP contribution in [0.5, 0.6) is 0 Å². The first kappa shape index (κ1) is 10.4. The van der Waals surface area contributed by atoms with Crippen LogP contribution in [0.3, 0.4) is 0 Å². The molecule has 0 bridgehead atoms. The van der Waals surface area contributed by atoms with Gasteiger partial charge in [-0.3, -0.25) is 10.3 Å². The van der Waals surface area contributed by atoms with Crippen molar-refractivity contribution in [2.75, 3.05) is 7.05 Å². The smallest absolute Gasteiger partial charge is 0.182 e. The van der Waals surface area contributed by atoms with Crippen LogP contribution in [0.15, 0.2) is 4.99 Å². The minimum Gasteiger partial charge on any atom is -0.361 e. The Morgan fingerprint density at radius 1 is 1.64 bits per heavy atom. The lowest BCUT2D eigenvalue weighted by Gasteiger charge is -2.16. The Bertz CT molecular complexity index is 116. The minimum absolute atomic E-state index is 0.308. The van der Waals surface area contributed by atoms with Gasteiger partial charge in [-0.2, -0.15) is 0 Å². The molecule has 2 atom stereocenters. The number of hydrogen-bond donors (Lipinski definition) is 3. The summed E-state index contributed by atoms with van der Waals surface area (Å²) in [6.07, 6.45) is 1.75. The zero-order chi connectivity index (χ0) is 8.69. The summed E-state index contributed by atoms with van der Waals surface area (Å²) in [6.45, 7) is 4.06. The van der Waals surface area contributed by atoms with Crippen molar-refractivity contribution in [3.05, 3.63) is 0 Å². The molecule has 0 aromatic rings. The molecule has 66 valence electrons. The Morgan fingerprint density at radius 2 is 2.27 bits per heavy atom. The van der Waals surface area contributed by atoms with E-state index < -0.39 is 6.35 Å². The third-order valence-corrected chi connectivity index (χ3v) is 1.42. The van der Waals surface area contributed by atoms with Crippen LogP contribution in [-0.2, 0) is 0 Å². The maximum absolute atomic E-state index is 9.17. The quantitative estimate of drug-likeness (QED) is 0.298. The maximum atomic E-state index is 9.17. The lowest BCUT2D eigenvalue weighted by Crippen LogP contribution is -2.45. The number of hydrogen-bond acceptors (Lipinski definition) is 3. The molecule has 11 heavy (non-hydrogen) atoms. The molecule has 0 aliphatic rings. The summed E-state index contributed by atoms with van der Waals surface area (Å²) in [5.74, 6) is 0. The van der Waals surface area contributed by atoms with Gasteiger partial charge in [0, 0.05) is 13.1 Å². The highest BCUT2D eigenvalue weighted by Crippen LogP contribution is 1.87. The highest BCUT2D eigenvalue weighted by Gasteiger charge is 2.03. The molecule has 0 saturated heterocycles. The van der Waals surface area contributed by atoms with Crippen LogP contribution < -0.4 is 10.6 Å². The van der Waals surface area contributed by atoms with Crippen LogP contribution in [0, 0.1) is 0 Å². The summed E-state index contributed by atoms with van der Waals surface area (Å²) in [5.41, 5.74) is 0. The van der Waals surface area contributed by atoms with E-state index in [2.05, 4.69) is 22.5 Å². The van der Waals surface area contributed by atoms with Gasteiger partial charge < -0.3 is 10.4 Å². The van der Waals surface area contributed by atoms with Gasteiger partial charge in [-0.05, 0) is 13.3 Å². The fourth-order valence-electron chi connectivity index (χ4n) is 0.581. The molecule has 4 nitrogen and oxygen atoms in total. The number of nitrogens with one attached hydrogen (secondary N) is 2. The number of aliphatic hydroxyl groups excluding tert-OH is 1. The predicted molar refractivity (Wildman–Crippen MR) is 46.4 cm³/mol. The molecule has 0 aromatic heterocycles. The lowest BCUT2D eigenvalue weighted by atomic mass is 10.3. The summed E-state index contributed by atoms with van der Waals surface area (Å²) < 4.78 is 0. The van der Waals surface area contributed by atoms with Gasteiger partial charge in [0.05, 0.1) is 6.34 Å². The van der Waals surface area contributed by atoms with E-state index in [4.69, 9.17) is 5.11 Å². The largest absolute Gasteiger partial charge is 0.361 e. The number of rotatable bonds is 5. The highest BCUT2D eigenvalue weighted by atomic mass is 16.3. The van der Waals surface area contributed by atoms with Crippen LogP contribution >= 0.6 is 0 Å². The third-order valence-electron chi connectivity index (χ3n) is 1.42. The van der Waals surface area contributed by atoms with Crippen molar-refractivity contribution in [3.63, 3.8) is 0 Å². The average molecular weight is 159 g/mol. The monoisotopic (exact) mass is 159 g/mol. The van der Waals surface area contributed by atoms with Gasteiger partial charge in [-0.1, -0.05) is 6.92 Å². The predicted octanol–water partition coefficient (Wildman–Crippen LogP) is -0.102. The van der Waals surface area contributed by atoms with Crippen molar-refractivity contribution in [1.82, 2.24) is 10.6 Å². The van der Waals surface area contributed by atoms with Gasteiger partial charge >= 0.3 is 0 Å². The Labute approximate surface area is 67.7 Å². The SMILES string of the molecule is CCC(C)NC(O)NC=NC. The van der Waals surface area contributed by atoms with E-state index >= 15 is 0 Å². The molecule has 0 rings (SSSR count). The summed E-state index contributed by atoms with van der Waals surface area (Å²) in [7, 11) is 1.64.